The van der Waals surface area contributed by atoms with Crippen molar-refractivity contribution in [1.82, 2.24) is 4.98 Å². The molecule has 1 aromatic heterocycles. The summed E-state index contributed by atoms with van der Waals surface area (Å²) in [5, 5.41) is 10.3. The van der Waals surface area contributed by atoms with Crippen molar-refractivity contribution in [2.45, 2.75) is 36.5 Å². The fourth-order valence-corrected chi connectivity index (χ4v) is 4.09. The predicted molar refractivity (Wildman–Crippen MR) is 84.1 cm³/mol. The third-order valence-corrected chi connectivity index (χ3v) is 5.71. The summed E-state index contributed by atoms with van der Waals surface area (Å²) < 4.78 is 0. The number of nitrogens with zero attached hydrogens (tertiary/aromatic N) is 1. The molecule has 1 aliphatic rings. The first-order chi connectivity index (χ1) is 9.99. The zero-order valence-corrected chi connectivity index (χ0v) is 13.2. The van der Waals surface area contributed by atoms with Crippen molar-refractivity contribution >= 4 is 28.9 Å². The van der Waals surface area contributed by atoms with E-state index in [2.05, 4.69) is 36.2 Å². The van der Waals surface area contributed by atoms with Gasteiger partial charge in [-0.3, -0.25) is 4.79 Å². The van der Waals surface area contributed by atoms with E-state index in [9.17, 15) is 4.79 Å². The van der Waals surface area contributed by atoms with Crippen molar-refractivity contribution in [3.05, 3.63) is 52.0 Å². The summed E-state index contributed by atoms with van der Waals surface area (Å²) in [6.45, 7) is 2.27. The molecule has 1 aliphatic carbocycles. The van der Waals surface area contributed by atoms with Crippen LogP contribution in [0.25, 0.3) is 0 Å². The molecule has 1 fully saturated rings. The van der Waals surface area contributed by atoms with Gasteiger partial charge >= 0.3 is 5.97 Å². The monoisotopic (exact) mass is 321 g/mol. The first kappa shape index (κ1) is 14.5. The first-order valence-corrected chi connectivity index (χ1v) is 8.19. The minimum atomic E-state index is -1.04. The standard InChI is InChI=1S/C16H16ClNO2S/c1-16(11-5-3-2-4-6-11)7-10(8-16)12-9-21-14(18-12)13(17)15(19)20/h2-6,9-10,13H,7-8H2,1H3,(H,19,20). The molecule has 5 heteroatoms. The molecule has 0 saturated heterocycles. The maximum absolute atomic E-state index is 10.9. The predicted octanol–water partition coefficient (Wildman–Crippen LogP) is 4.34. The van der Waals surface area contributed by atoms with E-state index in [0.717, 1.165) is 18.5 Å². The Bertz CT molecular complexity index is 649. The van der Waals surface area contributed by atoms with Crippen LogP contribution in [0.15, 0.2) is 35.7 Å². The van der Waals surface area contributed by atoms with E-state index in [1.54, 1.807) is 0 Å². The van der Waals surface area contributed by atoms with Gasteiger partial charge in [-0.2, -0.15) is 0 Å². The van der Waals surface area contributed by atoms with Crippen LogP contribution in [0.5, 0.6) is 0 Å². The zero-order chi connectivity index (χ0) is 15.0. The molecule has 0 amide bonds. The van der Waals surface area contributed by atoms with E-state index in [4.69, 9.17) is 16.7 Å². The summed E-state index contributed by atoms with van der Waals surface area (Å²) in [7, 11) is 0. The maximum Gasteiger partial charge on any atom is 0.328 e. The highest BCUT2D eigenvalue weighted by molar-refractivity contribution is 7.10. The third-order valence-electron chi connectivity index (χ3n) is 4.26. The van der Waals surface area contributed by atoms with Crippen LogP contribution < -0.4 is 0 Å². The lowest BCUT2D eigenvalue weighted by atomic mass is 9.59. The van der Waals surface area contributed by atoms with Crippen LogP contribution in [0.4, 0.5) is 0 Å². The number of thiazole rings is 1. The van der Waals surface area contributed by atoms with Gasteiger partial charge in [0.15, 0.2) is 5.38 Å². The van der Waals surface area contributed by atoms with Crippen LogP contribution in [-0.2, 0) is 10.2 Å². The number of rotatable bonds is 4. The van der Waals surface area contributed by atoms with Crippen LogP contribution in [0.2, 0.25) is 0 Å². The number of hydrogen-bond donors (Lipinski definition) is 1. The van der Waals surface area contributed by atoms with Crippen molar-refractivity contribution < 1.29 is 9.90 Å². The lowest BCUT2D eigenvalue weighted by molar-refractivity contribution is -0.136. The lowest BCUT2D eigenvalue weighted by Gasteiger charge is -2.45. The molecule has 1 saturated carbocycles. The summed E-state index contributed by atoms with van der Waals surface area (Å²) in [6.07, 6.45) is 2.08. The van der Waals surface area contributed by atoms with Crippen molar-refractivity contribution in [2.75, 3.05) is 0 Å². The van der Waals surface area contributed by atoms with Crippen molar-refractivity contribution in [1.29, 1.82) is 0 Å². The highest BCUT2D eigenvalue weighted by Crippen LogP contribution is 2.52. The van der Waals surface area contributed by atoms with Gasteiger partial charge in [0.1, 0.15) is 5.01 Å². The minimum absolute atomic E-state index is 0.197. The van der Waals surface area contributed by atoms with Gasteiger partial charge in [-0.15, -0.1) is 22.9 Å². The number of carbonyl (C=O) groups is 1. The fraction of sp³-hybridized carbons (Fsp3) is 0.375. The van der Waals surface area contributed by atoms with Crippen molar-refractivity contribution in [3.8, 4) is 0 Å². The molecule has 1 N–H and O–H groups in total. The average Bonchev–Trinajstić information content (AvgIpc) is 2.93. The molecular weight excluding hydrogens is 306 g/mol. The zero-order valence-electron chi connectivity index (χ0n) is 11.6. The van der Waals surface area contributed by atoms with Crippen molar-refractivity contribution in [2.24, 2.45) is 0 Å². The quantitative estimate of drug-likeness (QED) is 0.852. The molecule has 0 spiro atoms. The van der Waals surface area contributed by atoms with E-state index in [-0.39, 0.29) is 5.41 Å². The van der Waals surface area contributed by atoms with Gasteiger partial charge in [0.25, 0.3) is 0 Å². The van der Waals surface area contributed by atoms with Crippen LogP contribution >= 0.6 is 22.9 Å². The van der Waals surface area contributed by atoms with E-state index >= 15 is 0 Å². The second-order valence-electron chi connectivity index (χ2n) is 5.84. The molecule has 110 valence electrons. The Hall–Kier alpha value is -1.39. The Labute approximate surface area is 132 Å². The van der Waals surface area contributed by atoms with Crippen molar-refractivity contribution in [3.63, 3.8) is 0 Å². The molecule has 21 heavy (non-hydrogen) atoms. The minimum Gasteiger partial charge on any atom is -0.480 e. The van der Waals surface area contributed by atoms with E-state index < -0.39 is 11.3 Å². The number of halogens is 1. The highest BCUT2D eigenvalue weighted by atomic mass is 35.5. The van der Waals surface area contributed by atoms with E-state index in [1.165, 1.54) is 16.9 Å². The molecule has 1 unspecified atom stereocenters. The third kappa shape index (κ3) is 2.70. The van der Waals surface area contributed by atoms with Gasteiger partial charge in [-0.25, -0.2) is 4.98 Å². The summed E-state index contributed by atoms with van der Waals surface area (Å²) in [6, 6.07) is 10.5. The number of benzene rings is 1. The number of aromatic nitrogens is 1. The van der Waals surface area contributed by atoms with Gasteiger partial charge in [-0.05, 0) is 23.8 Å². The second-order valence-corrected chi connectivity index (χ2v) is 7.17. The Morgan fingerprint density at radius 1 is 1.43 bits per heavy atom. The van der Waals surface area contributed by atoms with Gasteiger partial charge < -0.3 is 5.11 Å². The Morgan fingerprint density at radius 2 is 2.10 bits per heavy atom. The molecule has 1 atom stereocenters. The average molecular weight is 322 g/mol. The SMILES string of the molecule is CC1(c2ccccc2)CC(c2csc(C(Cl)C(=O)O)n2)C1. The Balaban J connectivity index is 1.71. The first-order valence-electron chi connectivity index (χ1n) is 6.87. The number of alkyl halides is 1. The van der Waals surface area contributed by atoms with E-state index in [0.29, 0.717) is 10.9 Å². The summed E-state index contributed by atoms with van der Waals surface area (Å²) in [5.74, 6) is -0.641. The normalized spacial score (nSPS) is 26.1. The topological polar surface area (TPSA) is 50.2 Å². The second kappa shape index (κ2) is 5.43. The van der Waals surface area contributed by atoms with Gasteiger partial charge in [0, 0.05) is 11.3 Å². The largest absolute Gasteiger partial charge is 0.480 e. The molecule has 3 nitrogen and oxygen atoms in total. The number of hydrogen-bond acceptors (Lipinski definition) is 3. The number of carboxylic acids is 1. The van der Waals surface area contributed by atoms with Gasteiger partial charge in [0.05, 0.1) is 5.69 Å². The Morgan fingerprint density at radius 3 is 2.71 bits per heavy atom. The van der Waals surface area contributed by atoms with Gasteiger partial charge in [0.2, 0.25) is 0 Å². The summed E-state index contributed by atoms with van der Waals surface area (Å²) in [5.41, 5.74) is 2.54. The molecule has 3 rings (SSSR count). The van der Waals surface area contributed by atoms with Crippen LogP contribution in [0.3, 0.4) is 0 Å². The number of aliphatic carboxylic acids is 1. The summed E-state index contributed by atoms with van der Waals surface area (Å²) >= 11 is 7.16. The molecule has 1 heterocycles. The molecule has 0 aliphatic heterocycles. The van der Waals surface area contributed by atoms with Crippen LogP contribution in [-0.4, -0.2) is 16.1 Å². The summed E-state index contributed by atoms with van der Waals surface area (Å²) in [4.78, 5) is 15.3. The van der Waals surface area contributed by atoms with Gasteiger partial charge in [-0.1, -0.05) is 37.3 Å². The van der Waals surface area contributed by atoms with Crippen LogP contribution in [0.1, 0.15) is 47.3 Å². The molecule has 0 radical (unpaired) electrons. The maximum atomic E-state index is 10.9. The highest BCUT2D eigenvalue weighted by Gasteiger charge is 2.43. The molecule has 1 aromatic carbocycles. The molecular formula is C16H16ClNO2S. The molecule has 0 bridgehead atoms. The number of carboxylic acid groups (broad SMARTS) is 1. The Kier molecular flexibility index (Phi) is 3.76. The molecule has 2 aromatic rings. The van der Waals surface area contributed by atoms with Crippen LogP contribution in [0, 0.1) is 0 Å². The van der Waals surface area contributed by atoms with E-state index in [1.807, 2.05) is 11.4 Å². The lowest BCUT2D eigenvalue weighted by Crippen LogP contribution is -2.37. The fourth-order valence-electron chi connectivity index (χ4n) is 3.02. The smallest absolute Gasteiger partial charge is 0.328 e.